The molecule has 0 saturated heterocycles. The van der Waals surface area contributed by atoms with Crippen molar-refractivity contribution in [2.45, 2.75) is 26.6 Å². The summed E-state index contributed by atoms with van der Waals surface area (Å²) in [6, 6.07) is 4.53. The molecule has 0 fully saturated rings. The lowest BCUT2D eigenvalue weighted by atomic mass is 10.1. The van der Waals surface area contributed by atoms with E-state index >= 15 is 0 Å². The van der Waals surface area contributed by atoms with Gasteiger partial charge in [-0.25, -0.2) is 0 Å². The van der Waals surface area contributed by atoms with Crippen molar-refractivity contribution in [2.24, 2.45) is 0 Å². The molecule has 3 nitrogen and oxygen atoms in total. The first-order chi connectivity index (χ1) is 9.93. The molecule has 0 aromatic heterocycles. The quantitative estimate of drug-likeness (QED) is 0.746. The van der Waals surface area contributed by atoms with Crippen LogP contribution in [0, 0.1) is 0 Å². The van der Waals surface area contributed by atoms with Crippen LogP contribution in [0.3, 0.4) is 0 Å². The molecule has 0 amide bonds. The van der Waals surface area contributed by atoms with Crippen LogP contribution in [0.1, 0.15) is 25.0 Å². The summed E-state index contributed by atoms with van der Waals surface area (Å²) in [7, 11) is 1.59. The molecule has 1 aromatic rings. The van der Waals surface area contributed by atoms with E-state index in [1.165, 1.54) is 6.07 Å². The predicted octanol–water partition coefficient (Wildman–Crippen LogP) is 3.29. The molecular weight excluding hydrogens is 281 g/mol. The number of ether oxygens (including phenoxy) is 1. The molecule has 0 bridgehead atoms. The topological polar surface area (TPSA) is 24.5 Å². The molecular formula is C15H23F3N2O. The van der Waals surface area contributed by atoms with Gasteiger partial charge in [-0.15, -0.1) is 0 Å². The van der Waals surface area contributed by atoms with Crippen LogP contribution >= 0.6 is 0 Å². The van der Waals surface area contributed by atoms with Gasteiger partial charge in [0, 0.05) is 39.0 Å². The minimum atomic E-state index is -4.35. The molecule has 1 N–H and O–H groups in total. The maximum absolute atomic E-state index is 13.2. The molecule has 6 heteroatoms. The zero-order valence-electron chi connectivity index (χ0n) is 12.8. The molecule has 120 valence electrons. The van der Waals surface area contributed by atoms with Crippen molar-refractivity contribution < 1.29 is 17.9 Å². The van der Waals surface area contributed by atoms with E-state index in [9.17, 15) is 13.2 Å². The Hall–Kier alpha value is -1.27. The number of nitrogens with one attached hydrogen (secondary N) is 1. The van der Waals surface area contributed by atoms with Gasteiger partial charge in [0.15, 0.2) is 0 Å². The molecule has 0 atom stereocenters. The van der Waals surface area contributed by atoms with E-state index in [2.05, 4.69) is 5.32 Å². The van der Waals surface area contributed by atoms with E-state index in [4.69, 9.17) is 4.74 Å². The first-order valence-electron chi connectivity index (χ1n) is 7.08. The third kappa shape index (κ3) is 5.21. The molecule has 21 heavy (non-hydrogen) atoms. The second kappa shape index (κ2) is 8.24. The highest BCUT2D eigenvalue weighted by Gasteiger charge is 2.34. The summed E-state index contributed by atoms with van der Waals surface area (Å²) in [6.07, 6.45) is -4.35. The number of alkyl halides is 3. The summed E-state index contributed by atoms with van der Waals surface area (Å²) < 4.78 is 44.6. The van der Waals surface area contributed by atoms with Gasteiger partial charge in [0.25, 0.3) is 0 Å². The van der Waals surface area contributed by atoms with Gasteiger partial charge in [-0.05, 0) is 31.5 Å². The van der Waals surface area contributed by atoms with E-state index in [0.29, 0.717) is 38.3 Å². The number of rotatable bonds is 8. The Labute approximate surface area is 124 Å². The van der Waals surface area contributed by atoms with Gasteiger partial charge in [0.2, 0.25) is 0 Å². The van der Waals surface area contributed by atoms with E-state index in [-0.39, 0.29) is 5.69 Å². The van der Waals surface area contributed by atoms with Gasteiger partial charge in [0.05, 0.1) is 12.2 Å². The maximum Gasteiger partial charge on any atom is 0.418 e. The number of hydrogen-bond acceptors (Lipinski definition) is 3. The van der Waals surface area contributed by atoms with Crippen LogP contribution in [0.5, 0.6) is 0 Å². The van der Waals surface area contributed by atoms with Gasteiger partial charge in [0.1, 0.15) is 0 Å². The van der Waals surface area contributed by atoms with E-state index in [0.717, 1.165) is 0 Å². The molecule has 0 aliphatic rings. The van der Waals surface area contributed by atoms with Crippen molar-refractivity contribution >= 4 is 5.69 Å². The Morgan fingerprint density at radius 3 is 2.38 bits per heavy atom. The molecule has 0 radical (unpaired) electrons. The maximum atomic E-state index is 13.2. The normalized spacial score (nSPS) is 11.7. The van der Waals surface area contributed by atoms with Crippen molar-refractivity contribution in [3.63, 3.8) is 0 Å². The number of nitrogens with zero attached hydrogens (tertiary/aromatic N) is 1. The van der Waals surface area contributed by atoms with Crippen LogP contribution in [0.4, 0.5) is 18.9 Å². The fraction of sp³-hybridized carbons (Fsp3) is 0.600. The smallest absolute Gasteiger partial charge is 0.383 e. The van der Waals surface area contributed by atoms with Gasteiger partial charge in [-0.1, -0.05) is 6.07 Å². The van der Waals surface area contributed by atoms with Crippen LogP contribution in [-0.4, -0.2) is 33.4 Å². The lowest BCUT2D eigenvalue weighted by Crippen LogP contribution is -2.25. The second-order valence-corrected chi connectivity index (χ2v) is 4.69. The largest absolute Gasteiger partial charge is 0.418 e. The number of anilines is 1. The minimum absolute atomic E-state index is 0.244. The molecule has 0 heterocycles. The van der Waals surface area contributed by atoms with Crippen molar-refractivity contribution in [3.8, 4) is 0 Å². The van der Waals surface area contributed by atoms with E-state index < -0.39 is 11.7 Å². The highest BCUT2D eigenvalue weighted by atomic mass is 19.4. The number of benzene rings is 1. The fourth-order valence-corrected chi connectivity index (χ4v) is 2.17. The number of methoxy groups -OCH3 is 1. The van der Waals surface area contributed by atoms with Gasteiger partial charge < -0.3 is 15.0 Å². The van der Waals surface area contributed by atoms with Gasteiger partial charge in [-0.3, -0.25) is 0 Å². The van der Waals surface area contributed by atoms with Crippen molar-refractivity contribution in [1.82, 2.24) is 5.32 Å². The second-order valence-electron chi connectivity index (χ2n) is 4.69. The molecule has 0 spiro atoms. The summed E-state index contributed by atoms with van der Waals surface area (Å²) in [6.45, 7) is 6.33. The average molecular weight is 304 g/mol. The first kappa shape index (κ1) is 17.8. The predicted molar refractivity (Wildman–Crippen MR) is 78.6 cm³/mol. The summed E-state index contributed by atoms with van der Waals surface area (Å²) in [5.41, 5.74) is 0.291. The van der Waals surface area contributed by atoms with Crippen molar-refractivity contribution in [3.05, 3.63) is 29.3 Å². The van der Waals surface area contributed by atoms with Gasteiger partial charge >= 0.3 is 6.18 Å². The van der Waals surface area contributed by atoms with Gasteiger partial charge in [-0.2, -0.15) is 13.2 Å². The summed E-state index contributed by atoms with van der Waals surface area (Å²) in [5, 5.41) is 3.05. The molecule has 1 rings (SSSR count). The Morgan fingerprint density at radius 2 is 1.86 bits per heavy atom. The third-order valence-electron chi connectivity index (χ3n) is 3.28. The molecule has 0 unspecified atom stereocenters. The lowest BCUT2D eigenvalue weighted by Gasteiger charge is -2.25. The van der Waals surface area contributed by atoms with E-state index in [1.54, 1.807) is 24.1 Å². The van der Waals surface area contributed by atoms with E-state index in [1.807, 2.05) is 13.8 Å². The molecule has 0 saturated carbocycles. The summed E-state index contributed by atoms with van der Waals surface area (Å²) in [5.74, 6) is 0. The SMILES string of the molecule is CCN(CC)c1ccc(CNCCOC)cc1C(F)(F)F. The fourth-order valence-electron chi connectivity index (χ4n) is 2.17. The third-order valence-corrected chi connectivity index (χ3v) is 3.28. The minimum Gasteiger partial charge on any atom is -0.383 e. The summed E-state index contributed by atoms with van der Waals surface area (Å²) in [4.78, 5) is 1.71. The zero-order chi connectivity index (χ0) is 15.9. The molecule has 0 aliphatic heterocycles. The monoisotopic (exact) mass is 304 g/mol. The number of hydrogen-bond donors (Lipinski definition) is 1. The highest BCUT2D eigenvalue weighted by Crippen LogP contribution is 2.37. The zero-order valence-corrected chi connectivity index (χ0v) is 12.8. The van der Waals surface area contributed by atoms with Crippen LogP contribution in [-0.2, 0) is 17.5 Å². The Morgan fingerprint density at radius 1 is 1.19 bits per heavy atom. The average Bonchev–Trinajstić information content (AvgIpc) is 2.45. The van der Waals surface area contributed by atoms with Crippen LogP contribution in [0.25, 0.3) is 0 Å². The van der Waals surface area contributed by atoms with Crippen LogP contribution < -0.4 is 10.2 Å². The highest BCUT2D eigenvalue weighted by molar-refractivity contribution is 5.56. The Kier molecular flexibility index (Phi) is 6.98. The first-order valence-corrected chi connectivity index (χ1v) is 7.08. The van der Waals surface area contributed by atoms with Crippen molar-refractivity contribution in [1.29, 1.82) is 0 Å². The number of halogens is 3. The standard InChI is InChI=1S/C15H23F3N2O/c1-4-20(5-2)14-7-6-12(11-19-8-9-21-3)10-13(14)15(16,17)18/h6-7,10,19H,4-5,8-9,11H2,1-3H3. The lowest BCUT2D eigenvalue weighted by molar-refractivity contribution is -0.137. The Bertz CT molecular complexity index is 431. The molecule has 1 aromatic carbocycles. The van der Waals surface area contributed by atoms with Crippen LogP contribution in [0.2, 0.25) is 0 Å². The van der Waals surface area contributed by atoms with Crippen LogP contribution in [0.15, 0.2) is 18.2 Å². The molecule has 0 aliphatic carbocycles. The van der Waals surface area contributed by atoms with Crippen molar-refractivity contribution in [2.75, 3.05) is 38.3 Å². The Balaban J connectivity index is 2.96. The summed E-state index contributed by atoms with van der Waals surface area (Å²) >= 11 is 0.